The summed E-state index contributed by atoms with van der Waals surface area (Å²) in [6.45, 7) is 3.85. The Morgan fingerprint density at radius 2 is 2.00 bits per heavy atom. The molecule has 7 nitrogen and oxygen atoms in total. The first-order valence-electron chi connectivity index (χ1n) is 7.77. The predicted octanol–water partition coefficient (Wildman–Crippen LogP) is 3.10. The normalized spacial score (nSPS) is 10.7. The van der Waals surface area contributed by atoms with Crippen LogP contribution in [0.1, 0.15) is 23.1 Å². The highest BCUT2D eigenvalue weighted by molar-refractivity contribution is 6.29. The fourth-order valence-corrected chi connectivity index (χ4v) is 2.54. The average Bonchev–Trinajstić information content (AvgIpc) is 2.95. The fraction of sp³-hybridized carbons (Fsp3) is 0.235. The summed E-state index contributed by atoms with van der Waals surface area (Å²) in [6, 6.07) is 3.57. The van der Waals surface area contributed by atoms with E-state index in [0.717, 1.165) is 27.9 Å². The molecule has 3 heterocycles. The van der Waals surface area contributed by atoms with Gasteiger partial charge >= 0.3 is 0 Å². The van der Waals surface area contributed by atoms with Crippen molar-refractivity contribution < 1.29 is 4.79 Å². The number of anilines is 1. The van der Waals surface area contributed by atoms with E-state index in [-0.39, 0.29) is 5.91 Å². The first-order valence-corrected chi connectivity index (χ1v) is 8.15. The Bertz CT molecular complexity index is 890. The molecule has 2 N–H and O–H groups in total. The smallest absolute Gasteiger partial charge is 0.225 e. The number of rotatable bonds is 5. The number of pyridine rings is 1. The number of hydrogen-bond acceptors (Lipinski definition) is 5. The lowest BCUT2D eigenvalue weighted by molar-refractivity contribution is -0.116. The van der Waals surface area contributed by atoms with Crippen LogP contribution in [0.3, 0.4) is 0 Å². The Morgan fingerprint density at radius 3 is 2.72 bits per heavy atom. The van der Waals surface area contributed by atoms with Gasteiger partial charge in [-0.3, -0.25) is 9.89 Å². The summed E-state index contributed by atoms with van der Waals surface area (Å²) >= 11 is 5.75. The summed E-state index contributed by atoms with van der Waals surface area (Å²) in [4.78, 5) is 16.2. The van der Waals surface area contributed by atoms with Crippen molar-refractivity contribution in [3.05, 3.63) is 52.6 Å². The first kappa shape index (κ1) is 17.0. The van der Waals surface area contributed by atoms with Crippen molar-refractivity contribution in [3.63, 3.8) is 0 Å². The van der Waals surface area contributed by atoms with E-state index in [9.17, 15) is 4.79 Å². The molecule has 1 amide bonds. The van der Waals surface area contributed by atoms with Gasteiger partial charge in [-0.25, -0.2) is 4.98 Å². The number of nitrogens with zero attached hydrogens (tertiary/aromatic N) is 4. The number of aryl methyl sites for hydroxylation is 2. The van der Waals surface area contributed by atoms with Gasteiger partial charge in [-0.05, 0) is 37.5 Å². The van der Waals surface area contributed by atoms with E-state index in [1.807, 2.05) is 19.9 Å². The van der Waals surface area contributed by atoms with Gasteiger partial charge in [0.15, 0.2) is 5.82 Å². The van der Waals surface area contributed by atoms with E-state index >= 15 is 0 Å². The van der Waals surface area contributed by atoms with Crippen LogP contribution >= 0.6 is 11.6 Å². The molecule has 0 saturated heterocycles. The number of hydrogen-bond donors (Lipinski definition) is 2. The van der Waals surface area contributed by atoms with Crippen molar-refractivity contribution >= 4 is 23.3 Å². The van der Waals surface area contributed by atoms with Gasteiger partial charge in [0.1, 0.15) is 5.15 Å². The van der Waals surface area contributed by atoms with Crippen LogP contribution < -0.4 is 5.32 Å². The molecule has 3 aromatic heterocycles. The molecular formula is C17H17ClN6O. The summed E-state index contributed by atoms with van der Waals surface area (Å²) in [5.41, 5.74) is 4.53. The van der Waals surface area contributed by atoms with E-state index in [1.54, 1.807) is 24.7 Å². The first-order chi connectivity index (χ1) is 12.0. The minimum atomic E-state index is -0.110. The Balaban J connectivity index is 1.66. The minimum Gasteiger partial charge on any atom is -0.309 e. The highest BCUT2D eigenvalue weighted by Gasteiger charge is 2.15. The lowest BCUT2D eigenvalue weighted by Gasteiger charge is -2.05. The van der Waals surface area contributed by atoms with Crippen molar-refractivity contribution in [1.29, 1.82) is 0 Å². The summed E-state index contributed by atoms with van der Waals surface area (Å²) in [5.74, 6) is 0.408. The SMILES string of the molecule is Cc1cnncc1-c1[nH]nc(NC(=O)CCc2ccc(Cl)nc2)c1C. The molecule has 0 bridgehead atoms. The number of aromatic amines is 1. The number of carbonyl (C=O) groups excluding carboxylic acids is 1. The number of H-pyrrole nitrogens is 1. The van der Waals surface area contributed by atoms with Gasteiger partial charge in [0, 0.05) is 23.7 Å². The van der Waals surface area contributed by atoms with E-state index in [4.69, 9.17) is 11.6 Å². The van der Waals surface area contributed by atoms with Crippen molar-refractivity contribution in [1.82, 2.24) is 25.4 Å². The summed E-state index contributed by atoms with van der Waals surface area (Å²) in [7, 11) is 0. The van der Waals surface area contributed by atoms with E-state index in [1.165, 1.54) is 0 Å². The van der Waals surface area contributed by atoms with Crippen LogP contribution in [0, 0.1) is 13.8 Å². The molecule has 0 atom stereocenters. The van der Waals surface area contributed by atoms with E-state index in [0.29, 0.717) is 23.8 Å². The molecule has 0 spiro atoms. The Kier molecular flexibility index (Phi) is 5.04. The maximum absolute atomic E-state index is 12.2. The van der Waals surface area contributed by atoms with E-state index in [2.05, 4.69) is 30.7 Å². The second kappa shape index (κ2) is 7.40. The lowest BCUT2D eigenvalue weighted by Crippen LogP contribution is -2.13. The molecule has 0 aliphatic carbocycles. The highest BCUT2D eigenvalue weighted by Crippen LogP contribution is 2.27. The molecule has 3 rings (SSSR count). The molecule has 0 radical (unpaired) electrons. The van der Waals surface area contributed by atoms with Crippen LogP contribution in [-0.4, -0.2) is 31.3 Å². The zero-order valence-corrected chi connectivity index (χ0v) is 14.6. The quantitative estimate of drug-likeness (QED) is 0.685. The standard InChI is InChI=1S/C17H17ClN6O/c1-10-7-20-21-9-13(10)16-11(2)17(24-23-16)22-15(25)6-4-12-3-5-14(18)19-8-12/h3,5,7-9H,4,6H2,1-2H3,(H2,22,23,24,25). The number of amides is 1. The van der Waals surface area contributed by atoms with Crippen LogP contribution in [0.5, 0.6) is 0 Å². The topological polar surface area (TPSA) is 96.5 Å². The lowest BCUT2D eigenvalue weighted by atomic mass is 10.1. The van der Waals surface area contributed by atoms with Gasteiger partial charge in [0.2, 0.25) is 5.91 Å². The van der Waals surface area contributed by atoms with Crippen LogP contribution in [0.2, 0.25) is 5.15 Å². The van der Waals surface area contributed by atoms with Gasteiger partial charge in [-0.1, -0.05) is 17.7 Å². The van der Waals surface area contributed by atoms with Crippen LogP contribution in [0.15, 0.2) is 30.7 Å². The largest absolute Gasteiger partial charge is 0.309 e. The van der Waals surface area contributed by atoms with Crippen molar-refractivity contribution in [2.75, 3.05) is 5.32 Å². The molecule has 0 aliphatic rings. The van der Waals surface area contributed by atoms with Crippen LogP contribution in [-0.2, 0) is 11.2 Å². The third-order valence-electron chi connectivity index (χ3n) is 3.90. The molecule has 0 aliphatic heterocycles. The molecular weight excluding hydrogens is 340 g/mol. The molecule has 0 aromatic carbocycles. The Hall–Kier alpha value is -2.80. The molecule has 25 heavy (non-hydrogen) atoms. The zero-order chi connectivity index (χ0) is 17.8. The third kappa shape index (κ3) is 4.00. The van der Waals surface area contributed by atoms with E-state index < -0.39 is 0 Å². The van der Waals surface area contributed by atoms with Crippen molar-refractivity contribution in [2.45, 2.75) is 26.7 Å². The molecule has 8 heteroatoms. The van der Waals surface area contributed by atoms with Gasteiger partial charge in [-0.15, -0.1) is 0 Å². The molecule has 3 aromatic rings. The number of aromatic nitrogens is 5. The van der Waals surface area contributed by atoms with Crippen molar-refractivity contribution in [2.24, 2.45) is 0 Å². The Labute approximate surface area is 149 Å². The maximum Gasteiger partial charge on any atom is 0.225 e. The third-order valence-corrected chi connectivity index (χ3v) is 4.12. The second-order valence-electron chi connectivity index (χ2n) is 5.70. The summed E-state index contributed by atoms with van der Waals surface area (Å²) in [5, 5.41) is 18.2. The molecule has 0 saturated carbocycles. The van der Waals surface area contributed by atoms with Crippen LogP contribution in [0.25, 0.3) is 11.3 Å². The molecule has 0 unspecified atom stereocenters. The fourth-order valence-electron chi connectivity index (χ4n) is 2.43. The van der Waals surface area contributed by atoms with Gasteiger partial charge in [-0.2, -0.15) is 15.3 Å². The minimum absolute atomic E-state index is 0.110. The number of nitrogens with one attached hydrogen (secondary N) is 2. The predicted molar refractivity (Wildman–Crippen MR) is 95.3 cm³/mol. The van der Waals surface area contributed by atoms with Gasteiger partial charge < -0.3 is 5.32 Å². The monoisotopic (exact) mass is 356 g/mol. The summed E-state index contributed by atoms with van der Waals surface area (Å²) < 4.78 is 0. The molecule has 128 valence electrons. The zero-order valence-electron chi connectivity index (χ0n) is 13.9. The second-order valence-corrected chi connectivity index (χ2v) is 6.08. The number of carbonyl (C=O) groups is 1. The van der Waals surface area contributed by atoms with Gasteiger partial charge in [0.25, 0.3) is 0 Å². The van der Waals surface area contributed by atoms with Crippen LogP contribution in [0.4, 0.5) is 5.82 Å². The average molecular weight is 357 g/mol. The van der Waals surface area contributed by atoms with Gasteiger partial charge in [0.05, 0.1) is 18.1 Å². The number of halogens is 1. The van der Waals surface area contributed by atoms with Crippen molar-refractivity contribution in [3.8, 4) is 11.3 Å². The maximum atomic E-state index is 12.2. The summed E-state index contributed by atoms with van der Waals surface area (Å²) in [6.07, 6.45) is 5.95. The molecule has 0 fully saturated rings. The highest BCUT2D eigenvalue weighted by atomic mass is 35.5. The Morgan fingerprint density at radius 1 is 1.20 bits per heavy atom.